The van der Waals surface area contributed by atoms with E-state index in [1.807, 2.05) is 6.07 Å². The summed E-state index contributed by atoms with van der Waals surface area (Å²) in [4.78, 5) is 2.18. The molecule has 1 aromatic heterocycles. The largest absolute Gasteiger partial charge is 0.360 e. The lowest BCUT2D eigenvalue weighted by atomic mass is 10.3. The Labute approximate surface area is 91.6 Å². The van der Waals surface area contributed by atoms with Gasteiger partial charge in [0.05, 0.1) is 12.2 Å². The predicted octanol–water partition coefficient (Wildman–Crippen LogP) is 1.62. The molecule has 0 radical (unpaired) electrons. The van der Waals surface area contributed by atoms with Gasteiger partial charge in [-0.1, -0.05) is 25.9 Å². The normalized spacial score (nSPS) is 11.6. The zero-order valence-electron chi connectivity index (χ0n) is 10.1. The fourth-order valence-electron chi connectivity index (χ4n) is 1.20. The third kappa shape index (κ3) is 4.44. The summed E-state index contributed by atoms with van der Waals surface area (Å²) in [5.41, 5.74) is 0.975. The summed E-state index contributed by atoms with van der Waals surface area (Å²) in [5.74, 6) is 0.930. The smallest absolute Gasteiger partial charge is 0.151 e. The van der Waals surface area contributed by atoms with E-state index in [0.717, 1.165) is 31.1 Å². The molecule has 15 heavy (non-hydrogen) atoms. The summed E-state index contributed by atoms with van der Waals surface area (Å²) in [6, 6.07) is 2.49. The van der Waals surface area contributed by atoms with Crippen LogP contribution in [0.25, 0.3) is 0 Å². The first kappa shape index (κ1) is 12.2. The molecule has 0 fully saturated rings. The van der Waals surface area contributed by atoms with Gasteiger partial charge in [0.2, 0.25) is 0 Å². The summed E-state index contributed by atoms with van der Waals surface area (Å²) in [5, 5.41) is 7.32. The Morgan fingerprint density at radius 1 is 1.53 bits per heavy atom. The highest BCUT2D eigenvalue weighted by Gasteiger charge is 2.06. The SMILES string of the molecule is CCN(C)Cc1cc(CNC(C)C)no1. The molecule has 1 heterocycles. The zero-order valence-corrected chi connectivity index (χ0v) is 10.1. The van der Waals surface area contributed by atoms with E-state index in [1.165, 1.54) is 0 Å². The molecule has 86 valence electrons. The minimum absolute atomic E-state index is 0.475. The molecule has 0 saturated heterocycles. The van der Waals surface area contributed by atoms with Crippen molar-refractivity contribution in [1.29, 1.82) is 0 Å². The van der Waals surface area contributed by atoms with E-state index >= 15 is 0 Å². The predicted molar refractivity (Wildman–Crippen MR) is 60.5 cm³/mol. The molecule has 0 aromatic carbocycles. The Bertz CT molecular complexity index is 283. The van der Waals surface area contributed by atoms with Gasteiger partial charge < -0.3 is 9.84 Å². The Kier molecular flexibility index (Phi) is 4.78. The molecule has 0 aliphatic carbocycles. The summed E-state index contributed by atoms with van der Waals surface area (Å²) in [7, 11) is 2.06. The monoisotopic (exact) mass is 211 g/mol. The van der Waals surface area contributed by atoms with Crippen LogP contribution in [0.5, 0.6) is 0 Å². The molecular weight excluding hydrogens is 190 g/mol. The lowest BCUT2D eigenvalue weighted by Gasteiger charge is -2.09. The maximum atomic E-state index is 5.24. The average Bonchev–Trinajstić information content (AvgIpc) is 2.62. The molecular formula is C11H21N3O. The Hall–Kier alpha value is -0.870. The van der Waals surface area contributed by atoms with Crippen molar-refractivity contribution < 1.29 is 4.52 Å². The molecule has 1 rings (SSSR count). The molecule has 0 bridgehead atoms. The second kappa shape index (κ2) is 5.88. The van der Waals surface area contributed by atoms with Gasteiger partial charge >= 0.3 is 0 Å². The molecule has 1 aromatic rings. The number of hydrogen-bond acceptors (Lipinski definition) is 4. The van der Waals surface area contributed by atoms with Crippen molar-refractivity contribution in [2.75, 3.05) is 13.6 Å². The van der Waals surface area contributed by atoms with Gasteiger partial charge in [-0.15, -0.1) is 0 Å². The van der Waals surface area contributed by atoms with Crippen molar-refractivity contribution in [3.63, 3.8) is 0 Å². The number of rotatable bonds is 6. The van der Waals surface area contributed by atoms with Crippen LogP contribution in [-0.2, 0) is 13.1 Å². The fraction of sp³-hybridized carbons (Fsp3) is 0.727. The van der Waals surface area contributed by atoms with E-state index in [-0.39, 0.29) is 0 Å². The van der Waals surface area contributed by atoms with Gasteiger partial charge in [0.25, 0.3) is 0 Å². The van der Waals surface area contributed by atoms with E-state index in [9.17, 15) is 0 Å². The molecule has 1 N–H and O–H groups in total. The molecule has 0 amide bonds. The van der Waals surface area contributed by atoms with E-state index in [0.29, 0.717) is 6.04 Å². The molecule has 0 unspecified atom stereocenters. The van der Waals surface area contributed by atoms with Gasteiger partial charge in [0.1, 0.15) is 0 Å². The Morgan fingerprint density at radius 3 is 2.87 bits per heavy atom. The second-order valence-electron chi connectivity index (χ2n) is 4.15. The van der Waals surface area contributed by atoms with Crippen molar-refractivity contribution >= 4 is 0 Å². The number of hydrogen-bond donors (Lipinski definition) is 1. The molecule has 4 nitrogen and oxygen atoms in total. The van der Waals surface area contributed by atoms with Gasteiger partial charge in [-0.2, -0.15) is 0 Å². The highest BCUT2D eigenvalue weighted by atomic mass is 16.5. The standard InChI is InChI=1S/C11H21N3O/c1-5-14(4)8-11-6-10(13-15-11)7-12-9(2)3/h6,9,12H,5,7-8H2,1-4H3. The van der Waals surface area contributed by atoms with Crippen molar-refractivity contribution in [1.82, 2.24) is 15.4 Å². The summed E-state index contributed by atoms with van der Waals surface area (Å²) >= 11 is 0. The summed E-state index contributed by atoms with van der Waals surface area (Å²) < 4.78 is 5.24. The highest BCUT2D eigenvalue weighted by Crippen LogP contribution is 2.06. The maximum Gasteiger partial charge on any atom is 0.151 e. The quantitative estimate of drug-likeness (QED) is 0.776. The lowest BCUT2D eigenvalue weighted by molar-refractivity contribution is 0.281. The molecule has 0 aliphatic heterocycles. The lowest BCUT2D eigenvalue weighted by Crippen LogP contribution is -2.21. The minimum Gasteiger partial charge on any atom is -0.360 e. The van der Waals surface area contributed by atoms with Crippen molar-refractivity contribution in [2.45, 2.75) is 39.9 Å². The van der Waals surface area contributed by atoms with E-state index in [2.05, 4.69) is 43.2 Å². The molecule has 0 atom stereocenters. The first-order valence-corrected chi connectivity index (χ1v) is 5.48. The van der Waals surface area contributed by atoms with E-state index in [1.54, 1.807) is 0 Å². The van der Waals surface area contributed by atoms with Crippen LogP contribution in [0.15, 0.2) is 10.6 Å². The first-order chi connectivity index (χ1) is 7.11. The molecule has 4 heteroatoms. The van der Waals surface area contributed by atoms with E-state index < -0.39 is 0 Å². The Balaban J connectivity index is 2.42. The molecule has 0 saturated carbocycles. The van der Waals surface area contributed by atoms with Gasteiger partial charge in [0.15, 0.2) is 5.76 Å². The van der Waals surface area contributed by atoms with Crippen molar-refractivity contribution in [3.05, 3.63) is 17.5 Å². The van der Waals surface area contributed by atoms with Gasteiger partial charge in [-0.05, 0) is 13.6 Å². The zero-order chi connectivity index (χ0) is 11.3. The molecule has 0 spiro atoms. The first-order valence-electron chi connectivity index (χ1n) is 5.48. The van der Waals surface area contributed by atoms with Crippen LogP contribution in [0, 0.1) is 0 Å². The van der Waals surface area contributed by atoms with Crippen LogP contribution in [0.4, 0.5) is 0 Å². The van der Waals surface area contributed by atoms with Gasteiger partial charge in [-0.3, -0.25) is 4.90 Å². The Morgan fingerprint density at radius 2 is 2.27 bits per heavy atom. The summed E-state index contributed by atoms with van der Waals surface area (Å²) in [6.45, 7) is 8.97. The van der Waals surface area contributed by atoms with Crippen molar-refractivity contribution in [3.8, 4) is 0 Å². The van der Waals surface area contributed by atoms with E-state index in [4.69, 9.17) is 4.52 Å². The van der Waals surface area contributed by atoms with Crippen LogP contribution < -0.4 is 5.32 Å². The number of nitrogens with zero attached hydrogens (tertiary/aromatic N) is 2. The fourth-order valence-corrected chi connectivity index (χ4v) is 1.20. The maximum absolute atomic E-state index is 5.24. The van der Waals surface area contributed by atoms with Crippen LogP contribution in [0.2, 0.25) is 0 Å². The second-order valence-corrected chi connectivity index (χ2v) is 4.15. The van der Waals surface area contributed by atoms with Crippen LogP contribution in [0.3, 0.4) is 0 Å². The number of aromatic nitrogens is 1. The van der Waals surface area contributed by atoms with Crippen LogP contribution >= 0.6 is 0 Å². The topological polar surface area (TPSA) is 41.3 Å². The van der Waals surface area contributed by atoms with Gasteiger partial charge in [-0.25, -0.2) is 0 Å². The number of nitrogens with one attached hydrogen (secondary N) is 1. The van der Waals surface area contributed by atoms with Gasteiger partial charge in [0, 0.05) is 18.7 Å². The summed E-state index contributed by atoms with van der Waals surface area (Å²) in [6.07, 6.45) is 0. The third-order valence-corrected chi connectivity index (χ3v) is 2.26. The average molecular weight is 211 g/mol. The molecule has 0 aliphatic rings. The highest BCUT2D eigenvalue weighted by molar-refractivity contribution is 5.05. The van der Waals surface area contributed by atoms with Crippen molar-refractivity contribution in [2.24, 2.45) is 0 Å². The van der Waals surface area contributed by atoms with Crippen LogP contribution in [-0.4, -0.2) is 29.7 Å². The third-order valence-electron chi connectivity index (χ3n) is 2.26. The van der Waals surface area contributed by atoms with Crippen LogP contribution in [0.1, 0.15) is 32.2 Å². The minimum atomic E-state index is 0.475.